The Morgan fingerprint density at radius 2 is 1.67 bits per heavy atom. The minimum Gasteiger partial charge on any atom is -0.394 e. The number of aliphatic hydroxyl groups is 4. The SMILES string of the molecule is CC(C)CCC[C@@H](C)[C@H]1CC[C@H]2[C@@H]3CC=C4C[C@@H](OCCCCCCS[C@H]5O[C@H](CO)[C@@H](O)[C@H](O)[C@@H]5O)CC[C@]4(C)[C@H]3CC[C@]12C. The highest BCUT2D eigenvalue weighted by Gasteiger charge is 2.59. The maximum atomic E-state index is 10.2. The number of thioether (sulfide) groups is 1. The van der Waals surface area contributed by atoms with Gasteiger partial charge in [-0.25, -0.2) is 0 Å². The van der Waals surface area contributed by atoms with Gasteiger partial charge >= 0.3 is 0 Å². The van der Waals surface area contributed by atoms with Gasteiger partial charge in [-0.3, -0.25) is 0 Å². The monoisotopic (exact) mass is 664 g/mol. The molecular weight excluding hydrogens is 596 g/mol. The van der Waals surface area contributed by atoms with Crippen LogP contribution < -0.4 is 0 Å². The summed E-state index contributed by atoms with van der Waals surface area (Å²) in [4.78, 5) is 0. The molecule has 0 unspecified atom stereocenters. The fourth-order valence-electron chi connectivity index (χ4n) is 11.0. The first-order valence-electron chi connectivity index (χ1n) is 19.2. The number of rotatable bonds is 15. The number of allylic oxidation sites excluding steroid dienone is 1. The summed E-state index contributed by atoms with van der Waals surface area (Å²) in [7, 11) is 0. The summed E-state index contributed by atoms with van der Waals surface area (Å²) in [5, 5.41) is 39.5. The molecule has 0 spiro atoms. The first kappa shape index (κ1) is 37.1. The zero-order valence-electron chi connectivity index (χ0n) is 29.7. The highest BCUT2D eigenvalue weighted by Crippen LogP contribution is 2.67. The molecule has 0 radical (unpaired) electrons. The van der Waals surface area contributed by atoms with Crippen molar-refractivity contribution < 1.29 is 29.9 Å². The van der Waals surface area contributed by atoms with Gasteiger partial charge in [0, 0.05) is 6.61 Å². The van der Waals surface area contributed by atoms with E-state index in [1.807, 2.05) is 0 Å². The smallest absolute Gasteiger partial charge is 0.132 e. The van der Waals surface area contributed by atoms with E-state index in [0.717, 1.165) is 80.0 Å². The van der Waals surface area contributed by atoms with E-state index in [0.29, 0.717) is 16.9 Å². The van der Waals surface area contributed by atoms with Gasteiger partial charge in [0.1, 0.15) is 29.9 Å². The number of fused-ring (bicyclic) bond motifs is 5. The number of hydrogen-bond donors (Lipinski definition) is 4. The molecule has 0 amide bonds. The van der Waals surface area contributed by atoms with E-state index < -0.39 is 29.9 Å². The standard InChI is InChI=1S/C39H68O6S/c1-25(2)11-10-12-26(3)30-15-16-31-29-14-13-27-23-28(17-19-38(27,4)32(29)18-20-39(30,31)5)44-21-8-6-7-9-22-46-37-36(43)35(42)34(41)33(24-40)45-37/h13,25-26,28-37,40-43H,6-12,14-24H2,1-5H3/t26-,28+,29+,30-,31+,32+,33-,34-,35+,36+,37-,38+,39-/m1/s1. The Morgan fingerprint density at radius 3 is 2.43 bits per heavy atom. The number of ether oxygens (including phenoxy) is 2. The molecule has 0 aromatic heterocycles. The first-order valence-corrected chi connectivity index (χ1v) is 20.3. The minimum atomic E-state index is -1.29. The van der Waals surface area contributed by atoms with Gasteiger partial charge in [0.05, 0.1) is 12.7 Å². The summed E-state index contributed by atoms with van der Waals surface area (Å²) >= 11 is 1.45. The topological polar surface area (TPSA) is 99.4 Å². The second-order valence-corrected chi connectivity index (χ2v) is 18.2. The minimum absolute atomic E-state index is 0.369. The lowest BCUT2D eigenvalue weighted by Crippen LogP contribution is -2.57. The molecule has 6 nitrogen and oxygen atoms in total. The Kier molecular flexibility index (Phi) is 13.1. The van der Waals surface area contributed by atoms with Gasteiger partial charge in [0.2, 0.25) is 0 Å². The van der Waals surface area contributed by atoms with Crippen LogP contribution in [0.25, 0.3) is 0 Å². The van der Waals surface area contributed by atoms with E-state index in [1.165, 1.54) is 76.0 Å². The van der Waals surface area contributed by atoms with E-state index in [1.54, 1.807) is 5.57 Å². The molecule has 4 fully saturated rings. The molecule has 4 N–H and O–H groups in total. The van der Waals surface area contributed by atoms with Crippen LogP contribution in [0.4, 0.5) is 0 Å². The average molecular weight is 665 g/mol. The zero-order chi connectivity index (χ0) is 33.1. The van der Waals surface area contributed by atoms with Crippen molar-refractivity contribution in [3.05, 3.63) is 11.6 Å². The third-order valence-corrected chi connectivity index (χ3v) is 15.0. The Hall–Kier alpha value is -0.150. The molecule has 1 aliphatic heterocycles. The fourth-order valence-corrected chi connectivity index (χ4v) is 12.2. The van der Waals surface area contributed by atoms with Gasteiger partial charge in [0.15, 0.2) is 0 Å². The van der Waals surface area contributed by atoms with Crippen LogP contribution in [0, 0.1) is 46.3 Å². The van der Waals surface area contributed by atoms with Gasteiger partial charge in [-0.2, -0.15) is 0 Å². The lowest BCUT2D eigenvalue weighted by molar-refractivity contribution is -0.205. The maximum Gasteiger partial charge on any atom is 0.132 e. The van der Waals surface area contributed by atoms with Gasteiger partial charge < -0.3 is 29.9 Å². The van der Waals surface area contributed by atoms with Gasteiger partial charge in [-0.15, -0.1) is 11.8 Å². The van der Waals surface area contributed by atoms with Crippen LogP contribution in [0.1, 0.15) is 131 Å². The Labute approximate surface area is 284 Å². The average Bonchev–Trinajstić information content (AvgIpc) is 3.39. The van der Waals surface area contributed by atoms with Crippen LogP contribution in [0.2, 0.25) is 0 Å². The van der Waals surface area contributed by atoms with E-state index in [-0.39, 0.29) is 6.61 Å². The Bertz CT molecular complexity index is 988. The summed E-state index contributed by atoms with van der Waals surface area (Å²) < 4.78 is 12.1. The first-order chi connectivity index (χ1) is 22.0. The number of aliphatic hydroxyl groups excluding tert-OH is 4. The summed E-state index contributed by atoms with van der Waals surface area (Å²) in [6.45, 7) is 13.1. The summed E-state index contributed by atoms with van der Waals surface area (Å²) in [6.07, 6.45) is 17.7. The Morgan fingerprint density at radius 1 is 0.891 bits per heavy atom. The van der Waals surface area contributed by atoms with Crippen LogP contribution in [0.15, 0.2) is 11.6 Å². The fraction of sp³-hybridized carbons (Fsp3) is 0.949. The van der Waals surface area contributed by atoms with Crippen LogP contribution in [-0.4, -0.2) is 75.3 Å². The van der Waals surface area contributed by atoms with Crippen molar-refractivity contribution in [2.24, 2.45) is 46.3 Å². The molecule has 4 aliphatic carbocycles. The molecule has 0 bridgehead atoms. The number of unbranched alkanes of at least 4 members (excludes halogenated alkanes) is 3. The summed E-state index contributed by atoms with van der Waals surface area (Å²) in [6, 6.07) is 0. The molecule has 5 rings (SSSR count). The highest BCUT2D eigenvalue weighted by molar-refractivity contribution is 7.99. The molecule has 0 aromatic carbocycles. The number of hydrogen-bond acceptors (Lipinski definition) is 7. The van der Waals surface area contributed by atoms with Crippen molar-refractivity contribution in [2.75, 3.05) is 19.0 Å². The molecule has 3 saturated carbocycles. The second-order valence-electron chi connectivity index (χ2n) is 17.0. The molecule has 266 valence electrons. The van der Waals surface area contributed by atoms with Crippen molar-refractivity contribution in [3.63, 3.8) is 0 Å². The zero-order valence-corrected chi connectivity index (χ0v) is 30.6. The van der Waals surface area contributed by atoms with Crippen molar-refractivity contribution in [2.45, 2.75) is 167 Å². The van der Waals surface area contributed by atoms with Crippen LogP contribution in [0.3, 0.4) is 0 Å². The Balaban J connectivity index is 1.02. The molecule has 5 aliphatic rings. The van der Waals surface area contributed by atoms with Gasteiger partial charge in [-0.1, -0.05) is 78.4 Å². The predicted octanol–water partition coefficient (Wildman–Crippen LogP) is 7.51. The van der Waals surface area contributed by atoms with E-state index in [2.05, 4.69) is 40.7 Å². The van der Waals surface area contributed by atoms with Crippen LogP contribution >= 0.6 is 11.8 Å². The van der Waals surface area contributed by atoms with Gasteiger partial charge in [-0.05, 0) is 116 Å². The van der Waals surface area contributed by atoms with Crippen molar-refractivity contribution in [1.29, 1.82) is 0 Å². The molecule has 46 heavy (non-hydrogen) atoms. The van der Waals surface area contributed by atoms with Crippen molar-refractivity contribution >= 4 is 11.8 Å². The van der Waals surface area contributed by atoms with E-state index >= 15 is 0 Å². The molecule has 1 heterocycles. The van der Waals surface area contributed by atoms with Crippen LogP contribution in [0.5, 0.6) is 0 Å². The third kappa shape index (κ3) is 7.92. The van der Waals surface area contributed by atoms with Crippen molar-refractivity contribution in [3.8, 4) is 0 Å². The van der Waals surface area contributed by atoms with E-state index in [9.17, 15) is 20.4 Å². The summed E-state index contributed by atoms with van der Waals surface area (Å²) in [5.41, 5.74) is 2.03. The largest absolute Gasteiger partial charge is 0.394 e. The van der Waals surface area contributed by atoms with Crippen LogP contribution in [-0.2, 0) is 9.47 Å². The molecule has 0 aromatic rings. The second kappa shape index (κ2) is 16.2. The molecule has 13 atom stereocenters. The quantitative estimate of drug-likeness (QED) is 0.106. The van der Waals surface area contributed by atoms with Crippen molar-refractivity contribution in [1.82, 2.24) is 0 Å². The van der Waals surface area contributed by atoms with Gasteiger partial charge in [0.25, 0.3) is 0 Å². The molecular formula is C39H68O6S. The lowest BCUT2D eigenvalue weighted by atomic mass is 9.47. The molecule has 1 saturated heterocycles. The summed E-state index contributed by atoms with van der Waals surface area (Å²) in [5.74, 6) is 6.10. The highest BCUT2D eigenvalue weighted by atomic mass is 32.2. The lowest BCUT2D eigenvalue weighted by Gasteiger charge is -2.58. The van der Waals surface area contributed by atoms with E-state index in [4.69, 9.17) is 9.47 Å². The predicted molar refractivity (Wildman–Crippen MR) is 187 cm³/mol. The normalized spacial score (nSPS) is 43.1. The molecule has 7 heteroatoms. The maximum absolute atomic E-state index is 10.2. The third-order valence-electron chi connectivity index (χ3n) is 13.8.